The van der Waals surface area contributed by atoms with E-state index in [9.17, 15) is 19.2 Å². The predicted octanol–water partition coefficient (Wildman–Crippen LogP) is -0.198. The van der Waals surface area contributed by atoms with Gasteiger partial charge in [-0.25, -0.2) is 0 Å². The average molecular weight is 250 g/mol. The molecule has 0 N–H and O–H groups in total. The Morgan fingerprint density at radius 1 is 1.00 bits per heavy atom. The van der Waals surface area contributed by atoms with Gasteiger partial charge in [-0.2, -0.15) is 0 Å². The van der Waals surface area contributed by atoms with Gasteiger partial charge in [0.1, 0.15) is 0 Å². The second-order valence-electron chi connectivity index (χ2n) is 5.69. The Morgan fingerprint density at radius 3 is 2.39 bits per heavy atom. The maximum Gasteiger partial charge on any atom is 0.320 e. The van der Waals surface area contributed by atoms with Gasteiger partial charge >= 0.3 is 23.9 Å². The van der Waals surface area contributed by atoms with E-state index >= 15 is 0 Å². The minimum absolute atomic E-state index is 0.0302. The number of esters is 4. The first kappa shape index (κ1) is 10.2. The van der Waals surface area contributed by atoms with Gasteiger partial charge in [0.15, 0.2) is 0 Å². The summed E-state index contributed by atoms with van der Waals surface area (Å²) < 4.78 is 9.31. The second-order valence-corrected chi connectivity index (χ2v) is 5.69. The molecule has 2 saturated heterocycles. The Balaban J connectivity index is 1.78. The molecule has 6 heteroatoms. The van der Waals surface area contributed by atoms with E-state index in [1.54, 1.807) is 0 Å². The van der Waals surface area contributed by atoms with Crippen LogP contribution in [0.3, 0.4) is 0 Å². The van der Waals surface area contributed by atoms with Crippen LogP contribution in [-0.4, -0.2) is 23.9 Å². The molecule has 0 amide bonds. The molecule has 5 atom stereocenters. The molecule has 18 heavy (non-hydrogen) atoms. The fourth-order valence-corrected chi connectivity index (χ4v) is 4.46. The highest BCUT2D eigenvalue weighted by Crippen LogP contribution is 2.66. The molecule has 2 bridgehead atoms. The zero-order valence-corrected chi connectivity index (χ0v) is 9.38. The summed E-state index contributed by atoms with van der Waals surface area (Å²) in [6, 6.07) is 0. The molecule has 1 spiro atoms. The van der Waals surface area contributed by atoms with Crippen LogP contribution in [0.4, 0.5) is 0 Å². The van der Waals surface area contributed by atoms with Crippen LogP contribution in [0.15, 0.2) is 0 Å². The van der Waals surface area contributed by atoms with E-state index in [-0.39, 0.29) is 18.3 Å². The Morgan fingerprint density at radius 2 is 1.72 bits per heavy atom. The normalized spacial score (nSPS) is 48.9. The molecule has 4 fully saturated rings. The van der Waals surface area contributed by atoms with E-state index in [4.69, 9.17) is 0 Å². The van der Waals surface area contributed by atoms with Crippen molar-refractivity contribution in [1.82, 2.24) is 0 Å². The quantitative estimate of drug-likeness (QED) is 0.437. The van der Waals surface area contributed by atoms with Gasteiger partial charge in [0.2, 0.25) is 0 Å². The molecule has 0 radical (unpaired) electrons. The van der Waals surface area contributed by atoms with E-state index in [1.165, 1.54) is 0 Å². The first-order valence-electron chi connectivity index (χ1n) is 6.03. The molecule has 2 saturated carbocycles. The molecule has 3 unspecified atom stereocenters. The Labute approximate surface area is 102 Å². The van der Waals surface area contributed by atoms with Crippen LogP contribution >= 0.6 is 0 Å². The molecule has 94 valence electrons. The Kier molecular flexibility index (Phi) is 1.60. The Bertz CT molecular complexity index is 523. The van der Waals surface area contributed by atoms with Crippen molar-refractivity contribution in [1.29, 1.82) is 0 Å². The molecule has 2 heterocycles. The smallest absolute Gasteiger partial charge is 0.320 e. The van der Waals surface area contributed by atoms with E-state index in [2.05, 4.69) is 9.47 Å². The van der Waals surface area contributed by atoms with Gasteiger partial charge in [0.25, 0.3) is 0 Å². The number of fused-ring (bicyclic) bond motifs is 6. The summed E-state index contributed by atoms with van der Waals surface area (Å²) in [7, 11) is 0. The van der Waals surface area contributed by atoms with E-state index in [1.807, 2.05) is 0 Å². The number of carbonyl (C=O) groups excluding carboxylic acids is 4. The van der Waals surface area contributed by atoms with Crippen molar-refractivity contribution in [3.63, 3.8) is 0 Å². The highest BCUT2D eigenvalue weighted by atomic mass is 16.6. The largest absolute Gasteiger partial charge is 0.393 e. The SMILES string of the molecule is O=C1CC2(C[C@@H]3C[C@H]2C2C(=O)OC(=O)C23)C(=O)O1. The van der Waals surface area contributed by atoms with Crippen molar-refractivity contribution < 1.29 is 28.7 Å². The summed E-state index contributed by atoms with van der Waals surface area (Å²) in [5.41, 5.74) is -0.868. The van der Waals surface area contributed by atoms with Crippen molar-refractivity contribution in [3.8, 4) is 0 Å². The minimum Gasteiger partial charge on any atom is -0.393 e. The zero-order valence-electron chi connectivity index (χ0n) is 9.38. The van der Waals surface area contributed by atoms with Crippen molar-refractivity contribution >= 4 is 23.9 Å². The highest BCUT2D eigenvalue weighted by Gasteiger charge is 2.72. The summed E-state index contributed by atoms with van der Waals surface area (Å²) in [6.45, 7) is 0. The predicted molar refractivity (Wildman–Crippen MR) is 52.4 cm³/mol. The standard InChI is InChI=1S/C12H10O6/c13-6-3-12(11(16)17-6)2-4-1-5(12)8-7(4)9(14)18-10(8)15/h4-5,7-8H,1-3H2/t4-,5-,7?,8?,12?/m0/s1. The van der Waals surface area contributed by atoms with Crippen LogP contribution in [0.5, 0.6) is 0 Å². The summed E-state index contributed by atoms with van der Waals surface area (Å²) >= 11 is 0. The van der Waals surface area contributed by atoms with Gasteiger partial charge in [-0.05, 0) is 24.7 Å². The third-order valence-electron chi connectivity index (χ3n) is 5.04. The lowest BCUT2D eigenvalue weighted by molar-refractivity contribution is -0.157. The van der Waals surface area contributed by atoms with Crippen molar-refractivity contribution in [3.05, 3.63) is 0 Å². The van der Waals surface area contributed by atoms with E-state index < -0.39 is 41.1 Å². The van der Waals surface area contributed by atoms with Crippen LogP contribution in [0.1, 0.15) is 19.3 Å². The molecule has 0 aromatic rings. The second kappa shape index (κ2) is 2.81. The monoisotopic (exact) mass is 250 g/mol. The maximum absolute atomic E-state index is 11.9. The van der Waals surface area contributed by atoms with Crippen molar-refractivity contribution in [2.24, 2.45) is 29.1 Å². The van der Waals surface area contributed by atoms with Crippen LogP contribution < -0.4 is 0 Å². The summed E-state index contributed by atoms with van der Waals surface area (Å²) in [6.07, 6.45) is 1.14. The van der Waals surface area contributed by atoms with Gasteiger partial charge in [0.05, 0.1) is 23.7 Å². The number of cyclic esters (lactones) is 4. The topological polar surface area (TPSA) is 86.7 Å². The highest BCUT2D eigenvalue weighted by molar-refractivity contribution is 6.02. The molecule has 4 aliphatic rings. The number of hydrogen-bond donors (Lipinski definition) is 0. The van der Waals surface area contributed by atoms with Crippen molar-refractivity contribution in [2.75, 3.05) is 0 Å². The lowest BCUT2D eigenvalue weighted by atomic mass is 9.64. The number of hydrogen-bond acceptors (Lipinski definition) is 6. The van der Waals surface area contributed by atoms with Gasteiger partial charge < -0.3 is 9.47 Å². The molecule has 2 aliphatic carbocycles. The van der Waals surface area contributed by atoms with E-state index in [0.29, 0.717) is 12.8 Å². The fourth-order valence-electron chi connectivity index (χ4n) is 4.46. The Hall–Kier alpha value is -1.72. The molecule has 6 nitrogen and oxygen atoms in total. The number of carbonyl (C=O) groups is 4. The van der Waals surface area contributed by atoms with E-state index in [0.717, 1.165) is 0 Å². The number of ether oxygens (including phenoxy) is 2. The molecule has 0 aromatic heterocycles. The lowest BCUT2D eigenvalue weighted by Gasteiger charge is -2.32. The summed E-state index contributed by atoms with van der Waals surface area (Å²) in [4.78, 5) is 46.5. The third kappa shape index (κ3) is 0.921. The van der Waals surface area contributed by atoms with Crippen LogP contribution in [0.25, 0.3) is 0 Å². The third-order valence-corrected chi connectivity index (χ3v) is 5.04. The van der Waals surface area contributed by atoms with Crippen molar-refractivity contribution in [2.45, 2.75) is 19.3 Å². The summed E-state index contributed by atoms with van der Waals surface area (Å²) in [5.74, 6) is -3.31. The first-order chi connectivity index (χ1) is 8.53. The van der Waals surface area contributed by atoms with Gasteiger partial charge in [-0.15, -0.1) is 0 Å². The fraction of sp³-hybridized carbons (Fsp3) is 0.667. The number of rotatable bonds is 0. The average Bonchev–Trinajstić information content (AvgIpc) is 2.95. The van der Waals surface area contributed by atoms with Gasteiger partial charge in [-0.3, -0.25) is 19.2 Å². The summed E-state index contributed by atoms with van der Waals surface area (Å²) in [5, 5.41) is 0. The van der Waals surface area contributed by atoms with Crippen LogP contribution in [0, 0.1) is 29.1 Å². The van der Waals surface area contributed by atoms with Crippen LogP contribution in [0.2, 0.25) is 0 Å². The molecule has 2 aliphatic heterocycles. The molecular weight excluding hydrogens is 240 g/mol. The van der Waals surface area contributed by atoms with Gasteiger partial charge in [0, 0.05) is 0 Å². The molecule has 0 aromatic carbocycles. The first-order valence-corrected chi connectivity index (χ1v) is 6.03. The minimum atomic E-state index is -0.868. The maximum atomic E-state index is 11.9. The zero-order chi connectivity index (χ0) is 12.7. The molecular formula is C12H10O6. The molecule has 4 rings (SSSR count). The van der Waals surface area contributed by atoms with Gasteiger partial charge in [-0.1, -0.05) is 0 Å². The lowest BCUT2D eigenvalue weighted by Crippen LogP contribution is -2.41. The van der Waals surface area contributed by atoms with Crippen LogP contribution in [-0.2, 0) is 28.7 Å².